The molecule has 2 aromatic rings. The lowest BCUT2D eigenvalue weighted by Gasteiger charge is -2.15. The summed E-state index contributed by atoms with van der Waals surface area (Å²) in [6, 6.07) is 8.95. The Morgan fingerprint density at radius 1 is 1.18 bits per heavy atom. The molecule has 0 spiro atoms. The van der Waals surface area contributed by atoms with E-state index in [2.05, 4.69) is 10.6 Å². The SMILES string of the molecule is COc1cc(OCCc2ccccc2F)c(F)cc1CNC(=O)C1CCCN1. The number of benzene rings is 2. The Morgan fingerprint density at radius 3 is 2.71 bits per heavy atom. The van der Waals surface area contributed by atoms with E-state index < -0.39 is 5.82 Å². The molecule has 1 saturated heterocycles. The number of ether oxygens (including phenoxy) is 2. The van der Waals surface area contributed by atoms with Gasteiger partial charge in [-0.2, -0.15) is 0 Å². The van der Waals surface area contributed by atoms with Crippen LogP contribution in [0.5, 0.6) is 11.5 Å². The predicted molar refractivity (Wildman–Crippen MR) is 101 cm³/mol. The fourth-order valence-corrected chi connectivity index (χ4v) is 3.20. The van der Waals surface area contributed by atoms with E-state index in [1.54, 1.807) is 18.2 Å². The van der Waals surface area contributed by atoms with Gasteiger partial charge >= 0.3 is 0 Å². The van der Waals surface area contributed by atoms with Gasteiger partial charge in [-0.05, 0) is 37.1 Å². The molecule has 1 unspecified atom stereocenters. The fourth-order valence-electron chi connectivity index (χ4n) is 3.20. The van der Waals surface area contributed by atoms with E-state index >= 15 is 0 Å². The van der Waals surface area contributed by atoms with Crippen molar-refractivity contribution >= 4 is 5.91 Å². The van der Waals surface area contributed by atoms with Crippen LogP contribution in [0.25, 0.3) is 0 Å². The Hall–Kier alpha value is -2.67. The quantitative estimate of drug-likeness (QED) is 0.728. The van der Waals surface area contributed by atoms with E-state index in [9.17, 15) is 13.6 Å². The van der Waals surface area contributed by atoms with Crippen LogP contribution in [0.4, 0.5) is 8.78 Å². The van der Waals surface area contributed by atoms with Crippen LogP contribution in [0.15, 0.2) is 36.4 Å². The number of halogens is 2. The molecule has 1 atom stereocenters. The molecule has 1 amide bonds. The minimum absolute atomic E-state index is 0.0284. The van der Waals surface area contributed by atoms with Gasteiger partial charge in [-0.25, -0.2) is 8.78 Å². The van der Waals surface area contributed by atoms with Gasteiger partial charge in [0.05, 0.1) is 19.8 Å². The highest BCUT2D eigenvalue weighted by Crippen LogP contribution is 2.28. The second kappa shape index (κ2) is 9.50. The van der Waals surface area contributed by atoms with Crippen molar-refractivity contribution in [2.75, 3.05) is 20.3 Å². The molecule has 0 bridgehead atoms. The van der Waals surface area contributed by atoms with Crippen LogP contribution in [0.1, 0.15) is 24.0 Å². The average molecular weight is 390 g/mol. The smallest absolute Gasteiger partial charge is 0.237 e. The largest absolute Gasteiger partial charge is 0.496 e. The molecule has 5 nitrogen and oxygen atoms in total. The number of hydrogen-bond donors (Lipinski definition) is 2. The van der Waals surface area contributed by atoms with Gasteiger partial charge < -0.3 is 20.1 Å². The molecule has 150 valence electrons. The maximum atomic E-state index is 14.4. The summed E-state index contributed by atoms with van der Waals surface area (Å²) in [6.45, 7) is 1.12. The third-order valence-corrected chi connectivity index (χ3v) is 4.75. The number of nitrogens with one attached hydrogen (secondary N) is 2. The lowest BCUT2D eigenvalue weighted by molar-refractivity contribution is -0.122. The van der Waals surface area contributed by atoms with Crippen molar-refractivity contribution in [1.82, 2.24) is 10.6 Å². The molecule has 7 heteroatoms. The summed E-state index contributed by atoms with van der Waals surface area (Å²) in [5.41, 5.74) is 1.03. The van der Waals surface area contributed by atoms with Crippen LogP contribution in [0.2, 0.25) is 0 Å². The summed E-state index contributed by atoms with van der Waals surface area (Å²) in [6.07, 6.45) is 2.09. The van der Waals surface area contributed by atoms with E-state index in [1.807, 2.05) is 0 Å². The molecule has 1 heterocycles. The van der Waals surface area contributed by atoms with Crippen LogP contribution in [-0.2, 0) is 17.8 Å². The monoisotopic (exact) mass is 390 g/mol. The summed E-state index contributed by atoms with van der Waals surface area (Å²) in [5.74, 6) is -0.530. The lowest BCUT2D eigenvalue weighted by Crippen LogP contribution is -2.40. The number of hydrogen-bond acceptors (Lipinski definition) is 4. The van der Waals surface area contributed by atoms with Crippen molar-refractivity contribution in [3.63, 3.8) is 0 Å². The van der Waals surface area contributed by atoms with Crippen molar-refractivity contribution in [3.05, 3.63) is 59.2 Å². The van der Waals surface area contributed by atoms with Gasteiger partial charge in [-0.3, -0.25) is 4.79 Å². The number of carbonyl (C=O) groups excluding carboxylic acids is 1. The van der Waals surface area contributed by atoms with Gasteiger partial charge in [0.15, 0.2) is 11.6 Å². The zero-order valence-electron chi connectivity index (χ0n) is 15.8. The first kappa shape index (κ1) is 20.1. The van der Waals surface area contributed by atoms with Gasteiger partial charge in [0, 0.05) is 24.6 Å². The van der Waals surface area contributed by atoms with Gasteiger partial charge in [-0.1, -0.05) is 18.2 Å². The van der Waals surface area contributed by atoms with E-state index in [1.165, 1.54) is 25.3 Å². The number of amides is 1. The molecule has 1 aliphatic heterocycles. The highest BCUT2D eigenvalue weighted by molar-refractivity contribution is 5.82. The van der Waals surface area contributed by atoms with Crippen LogP contribution in [0.3, 0.4) is 0 Å². The number of methoxy groups -OCH3 is 1. The minimum atomic E-state index is -0.558. The number of carbonyl (C=O) groups is 1. The first-order chi connectivity index (χ1) is 13.6. The van der Waals surface area contributed by atoms with Crippen LogP contribution < -0.4 is 20.1 Å². The molecule has 0 aliphatic carbocycles. The van der Waals surface area contributed by atoms with Crippen LogP contribution in [0, 0.1) is 11.6 Å². The standard InChI is InChI=1S/C21H24F2N2O3/c1-27-19-12-20(28-10-8-14-5-2-3-6-16(14)22)17(23)11-15(19)13-25-21(26)18-7-4-9-24-18/h2-3,5-6,11-12,18,24H,4,7-10,13H2,1H3,(H,25,26). The molecular weight excluding hydrogens is 366 g/mol. The molecule has 0 radical (unpaired) electrons. The highest BCUT2D eigenvalue weighted by Gasteiger charge is 2.22. The third-order valence-electron chi connectivity index (χ3n) is 4.75. The van der Waals surface area contributed by atoms with Gasteiger partial charge in [0.1, 0.15) is 11.6 Å². The lowest BCUT2D eigenvalue weighted by atomic mass is 10.1. The van der Waals surface area contributed by atoms with E-state index in [4.69, 9.17) is 9.47 Å². The van der Waals surface area contributed by atoms with Crippen LogP contribution >= 0.6 is 0 Å². The van der Waals surface area contributed by atoms with Crippen molar-refractivity contribution < 1.29 is 23.0 Å². The van der Waals surface area contributed by atoms with E-state index in [-0.39, 0.29) is 36.7 Å². The van der Waals surface area contributed by atoms with Crippen molar-refractivity contribution in [2.24, 2.45) is 0 Å². The molecule has 28 heavy (non-hydrogen) atoms. The summed E-state index contributed by atoms with van der Waals surface area (Å²) in [7, 11) is 1.47. The topological polar surface area (TPSA) is 59.6 Å². The molecule has 1 aliphatic rings. The average Bonchev–Trinajstić information content (AvgIpc) is 3.24. The van der Waals surface area contributed by atoms with Crippen LogP contribution in [-0.4, -0.2) is 32.2 Å². The molecule has 2 N–H and O–H groups in total. The first-order valence-corrected chi connectivity index (χ1v) is 9.32. The van der Waals surface area contributed by atoms with Crippen molar-refractivity contribution in [2.45, 2.75) is 31.8 Å². The van der Waals surface area contributed by atoms with Crippen molar-refractivity contribution in [3.8, 4) is 11.5 Å². The Balaban J connectivity index is 1.60. The van der Waals surface area contributed by atoms with Crippen molar-refractivity contribution in [1.29, 1.82) is 0 Å². The normalized spacial score (nSPS) is 16.0. The van der Waals surface area contributed by atoms with Gasteiger partial charge in [0.2, 0.25) is 5.91 Å². The van der Waals surface area contributed by atoms with Gasteiger partial charge in [-0.15, -0.1) is 0 Å². The second-order valence-corrected chi connectivity index (χ2v) is 6.65. The van der Waals surface area contributed by atoms with E-state index in [0.717, 1.165) is 19.4 Å². The third kappa shape index (κ3) is 4.98. The zero-order chi connectivity index (χ0) is 19.9. The molecule has 0 aromatic heterocycles. The predicted octanol–water partition coefficient (Wildman–Crippen LogP) is 2.96. The summed E-state index contributed by atoms with van der Waals surface area (Å²) in [5, 5.41) is 5.92. The van der Waals surface area contributed by atoms with E-state index in [0.29, 0.717) is 23.3 Å². The molecule has 2 aromatic carbocycles. The zero-order valence-corrected chi connectivity index (χ0v) is 15.8. The Labute approximate surface area is 163 Å². The molecule has 0 saturated carbocycles. The summed E-state index contributed by atoms with van der Waals surface area (Å²) < 4.78 is 38.8. The first-order valence-electron chi connectivity index (χ1n) is 9.32. The Bertz CT molecular complexity index is 823. The maximum absolute atomic E-state index is 14.4. The summed E-state index contributed by atoms with van der Waals surface area (Å²) in [4.78, 5) is 12.1. The highest BCUT2D eigenvalue weighted by atomic mass is 19.1. The minimum Gasteiger partial charge on any atom is -0.496 e. The molecule has 3 rings (SSSR count). The second-order valence-electron chi connectivity index (χ2n) is 6.65. The maximum Gasteiger partial charge on any atom is 0.237 e. The van der Waals surface area contributed by atoms with Gasteiger partial charge in [0.25, 0.3) is 0 Å². The molecular formula is C21H24F2N2O3. The Morgan fingerprint density at radius 2 is 2.00 bits per heavy atom. The molecule has 1 fully saturated rings. The summed E-state index contributed by atoms with van der Waals surface area (Å²) >= 11 is 0. The Kier molecular flexibility index (Phi) is 6.81. The number of rotatable bonds is 8. The fraction of sp³-hybridized carbons (Fsp3) is 0.381.